The third-order valence-corrected chi connectivity index (χ3v) is 4.76. The summed E-state index contributed by atoms with van der Waals surface area (Å²) in [7, 11) is 0. The summed E-state index contributed by atoms with van der Waals surface area (Å²) < 4.78 is 8.28. The van der Waals surface area contributed by atoms with E-state index in [-0.39, 0.29) is 0 Å². The maximum absolute atomic E-state index is 6.08. The molecule has 0 aliphatic rings. The van der Waals surface area contributed by atoms with Crippen molar-refractivity contribution in [1.29, 1.82) is 0 Å². The molecule has 5 heteroatoms. The number of fused-ring (bicyclic) bond motifs is 2. The normalized spacial score (nSPS) is 11.1. The Labute approximate surface area is 162 Å². The minimum Gasteiger partial charge on any atom is -0.469 e. The van der Waals surface area contributed by atoms with Gasteiger partial charge in [-0.2, -0.15) is 0 Å². The van der Waals surface area contributed by atoms with Gasteiger partial charge in [-0.25, -0.2) is 15.0 Å². The minimum absolute atomic E-state index is 0.336. The molecule has 5 nitrogen and oxygen atoms in total. The summed E-state index contributed by atoms with van der Waals surface area (Å²) in [6, 6.07) is 26.4. The van der Waals surface area contributed by atoms with Crippen LogP contribution in [0.5, 0.6) is 5.88 Å². The molecule has 0 radical (unpaired) electrons. The molecule has 0 spiro atoms. The first-order valence-electron chi connectivity index (χ1n) is 9.19. The number of aromatic nitrogens is 4. The van der Waals surface area contributed by atoms with Crippen LogP contribution in [0.4, 0.5) is 0 Å². The Morgan fingerprint density at radius 1 is 0.750 bits per heavy atom. The highest BCUT2D eigenvalue weighted by Gasteiger charge is 2.13. The number of imidazole rings is 1. The van der Waals surface area contributed by atoms with E-state index in [0.29, 0.717) is 12.5 Å². The number of nitrogens with zero attached hydrogens (tertiary/aromatic N) is 4. The third kappa shape index (κ3) is 3.07. The molecule has 5 aromatic rings. The summed E-state index contributed by atoms with van der Waals surface area (Å²) in [6.07, 6.45) is 1.53. The topological polar surface area (TPSA) is 52.8 Å². The number of hydrogen-bond donors (Lipinski definition) is 0. The van der Waals surface area contributed by atoms with Gasteiger partial charge in [-0.15, -0.1) is 0 Å². The zero-order valence-electron chi connectivity index (χ0n) is 15.2. The van der Waals surface area contributed by atoms with Crippen LogP contribution in [0.1, 0.15) is 11.4 Å². The van der Waals surface area contributed by atoms with Gasteiger partial charge >= 0.3 is 0 Å². The van der Waals surface area contributed by atoms with E-state index in [1.54, 1.807) is 0 Å². The lowest BCUT2D eigenvalue weighted by Gasteiger charge is -2.11. The molecule has 28 heavy (non-hydrogen) atoms. The second-order valence-corrected chi connectivity index (χ2v) is 6.57. The average Bonchev–Trinajstić information content (AvgIpc) is 3.10. The Morgan fingerprint density at radius 2 is 1.50 bits per heavy atom. The van der Waals surface area contributed by atoms with E-state index in [1.165, 1.54) is 11.9 Å². The Hall–Kier alpha value is -3.73. The zero-order chi connectivity index (χ0) is 18.8. The predicted octanol–water partition coefficient (Wildman–Crippen LogP) is 4.61. The molecule has 0 unspecified atom stereocenters. The molecule has 0 amide bonds. The van der Waals surface area contributed by atoms with Crippen molar-refractivity contribution < 1.29 is 4.74 Å². The minimum atomic E-state index is 0.336. The molecule has 0 bridgehead atoms. The van der Waals surface area contributed by atoms with Gasteiger partial charge in [0.1, 0.15) is 18.8 Å². The summed E-state index contributed by atoms with van der Waals surface area (Å²) in [5.41, 5.74) is 4.15. The Morgan fingerprint density at radius 3 is 2.39 bits per heavy atom. The number of benzene rings is 3. The second kappa shape index (κ2) is 7.12. The van der Waals surface area contributed by atoms with E-state index < -0.39 is 0 Å². The monoisotopic (exact) mass is 366 g/mol. The highest BCUT2D eigenvalue weighted by Crippen LogP contribution is 2.23. The van der Waals surface area contributed by atoms with Gasteiger partial charge in [0.25, 0.3) is 0 Å². The predicted molar refractivity (Wildman–Crippen MR) is 109 cm³/mol. The van der Waals surface area contributed by atoms with Gasteiger partial charge in [0, 0.05) is 6.54 Å². The fraction of sp³-hybridized carbons (Fsp3) is 0.0870. The number of ether oxygens (including phenoxy) is 1. The van der Waals surface area contributed by atoms with Gasteiger partial charge in [0.05, 0.1) is 21.9 Å². The average molecular weight is 366 g/mol. The van der Waals surface area contributed by atoms with Crippen LogP contribution in [0, 0.1) is 0 Å². The van der Waals surface area contributed by atoms with E-state index in [2.05, 4.69) is 44.9 Å². The van der Waals surface area contributed by atoms with Crippen LogP contribution >= 0.6 is 0 Å². The van der Waals surface area contributed by atoms with E-state index in [1.807, 2.05) is 48.5 Å². The van der Waals surface area contributed by atoms with Crippen molar-refractivity contribution in [2.45, 2.75) is 13.2 Å². The number of rotatable bonds is 5. The third-order valence-electron chi connectivity index (χ3n) is 4.76. The van der Waals surface area contributed by atoms with E-state index in [4.69, 9.17) is 9.72 Å². The molecule has 0 aliphatic carbocycles. The van der Waals surface area contributed by atoms with Gasteiger partial charge in [-0.1, -0.05) is 54.6 Å². The first-order chi connectivity index (χ1) is 13.9. The van der Waals surface area contributed by atoms with Crippen LogP contribution in [0.2, 0.25) is 0 Å². The summed E-state index contributed by atoms with van der Waals surface area (Å²) in [5, 5.41) is 0.899. The maximum Gasteiger partial charge on any atom is 0.224 e. The van der Waals surface area contributed by atoms with E-state index >= 15 is 0 Å². The molecule has 0 fully saturated rings. The smallest absolute Gasteiger partial charge is 0.224 e. The van der Waals surface area contributed by atoms with Crippen molar-refractivity contribution in [1.82, 2.24) is 19.5 Å². The van der Waals surface area contributed by atoms with E-state index in [0.717, 1.165) is 34.3 Å². The summed E-state index contributed by atoms with van der Waals surface area (Å²) in [4.78, 5) is 13.4. The lowest BCUT2D eigenvalue weighted by molar-refractivity contribution is 0.283. The molecule has 0 saturated carbocycles. The van der Waals surface area contributed by atoms with Gasteiger partial charge in [0.2, 0.25) is 5.88 Å². The van der Waals surface area contributed by atoms with Crippen LogP contribution in [-0.4, -0.2) is 19.5 Å². The molecule has 0 N–H and O–H groups in total. The number of hydrogen-bond acceptors (Lipinski definition) is 4. The number of para-hydroxylation sites is 3. The standard InChI is InChI=1S/C23H18N4O/c1-2-8-17(9-3-1)14-27-21-13-7-6-12-20(21)26-22(27)15-28-23-18-10-4-5-11-19(18)24-16-25-23/h1-13,16H,14-15H2. The van der Waals surface area contributed by atoms with Crippen molar-refractivity contribution in [3.8, 4) is 5.88 Å². The van der Waals surface area contributed by atoms with Crippen LogP contribution in [0.3, 0.4) is 0 Å². The van der Waals surface area contributed by atoms with Crippen LogP contribution in [0.15, 0.2) is 85.2 Å². The Kier molecular flexibility index (Phi) is 4.18. The van der Waals surface area contributed by atoms with Crippen molar-refractivity contribution in [2.75, 3.05) is 0 Å². The first kappa shape index (κ1) is 16.4. The van der Waals surface area contributed by atoms with Crippen LogP contribution in [-0.2, 0) is 13.2 Å². The van der Waals surface area contributed by atoms with E-state index in [9.17, 15) is 0 Å². The molecule has 2 heterocycles. The van der Waals surface area contributed by atoms with Crippen molar-refractivity contribution in [3.63, 3.8) is 0 Å². The SMILES string of the molecule is c1ccc(Cn2c(COc3ncnc4ccccc34)nc3ccccc32)cc1. The molecule has 3 aromatic carbocycles. The summed E-state index contributed by atoms with van der Waals surface area (Å²) >= 11 is 0. The lowest BCUT2D eigenvalue weighted by Crippen LogP contribution is -2.09. The van der Waals surface area contributed by atoms with Crippen molar-refractivity contribution in [2.24, 2.45) is 0 Å². The molecule has 0 aliphatic heterocycles. The zero-order valence-corrected chi connectivity index (χ0v) is 15.2. The molecular formula is C23H18N4O. The molecule has 5 rings (SSSR count). The van der Waals surface area contributed by atoms with Gasteiger partial charge in [-0.05, 0) is 29.8 Å². The van der Waals surface area contributed by atoms with Crippen LogP contribution in [0.25, 0.3) is 21.9 Å². The quantitative estimate of drug-likeness (QED) is 0.456. The van der Waals surface area contributed by atoms with Gasteiger partial charge in [-0.3, -0.25) is 0 Å². The van der Waals surface area contributed by atoms with Crippen LogP contribution < -0.4 is 4.74 Å². The first-order valence-corrected chi connectivity index (χ1v) is 9.19. The summed E-state index contributed by atoms with van der Waals surface area (Å²) in [6.45, 7) is 1.08. The highest BCUT2D eigenvalue weighted by atomic mass is 16.5. The largest absolute Gasteiger partial charge is 0.469 e. The summed E-state index contributed by atoms with van der Waals surface area (Å²) in [5.74, 6) is 1.44. The Balaban J connectivity index is 1.51. The van der Waals surface area contributed by atoms with Crippen molar-refractivity contribution >= 4 is 21.9 Å². The highest BCUT2D eigenvalue weighted by molar-refractivity contribution is 5.83. The van der Waals surface area contributed by atoms with Gasteiger partial charge in [0.15, 0.2) is 0 Å². The Bertz CT molecular complexity index is 1240. The maximum atomic E-state index is 6.08. The molecule has 2 aromatic heterocycles. The lowest BCUT2D eigenvalue weighted by atomic mass is 10.2. The molecular weight excluding hydrogens is 348 g/mol. The second-order valence-electron chi connectivity index (χ2n) is 6.57. The fourth-order valence-corrected chi connectivity index (χ4v) is 3.41. The fourth-order valence-electron chi connectivity index (χ4n) is 3.41. The van der Waals surface area contributed by atoms with Gasteiger partial charge < -0.3 is 9.30 Å². The molecule has 0 saturated heterocycles. The van der Waals surface area contributed by atoms with Crippen molar-refractivity contribution in [3.05, 3.63) is 96.6 Å². The molecule has 0 atom stereocenters. The molecule has 136 valence electrons.